The lowest BCUT2D eigenvalue weighted by Gasteiger charge is -2.14. The molecule has 0 aliphatic carbocycles. The Morgan fingerprint density at radius 2 is 1.89 bits per heavy atom. The fourth-order valence-corrected chi connectivity index (χ4v) is 2.75. The van der Waals surface area contributed by atoms with Gasteiger partial charge in [-0.2, -0.15) is 18.3 Å². The van der Waals surface area contributed by atoms with Crippen LogP contribution in [-0.2, 0) is 6.18 Å². The zero-order chi connectivity index (χ0) is 20.2. The van der Waals surface area contributed by atoms with Crippen molar-refractivity contribution in [1.82, 2.24) is 20.1 Å². The standard InChI is InChI=1S/C19H25F3N4O/c1-12(2)6-5-7-13(3)25-18(27)16-11-24-26(14(16)4)17-9-8-15(10-23-17)19(20,21)22/h8-13H,5-7H2,1-4H3,(H,25,27). The Hall–Kier alpha value is -2.38. The topological polar surface area (TPSA) is 59.8 Å². The van der Waals surface area contributed by atoms with Crippen molar-refractivity contribution in [3.63, 3.8) is 0 Å². The van der Waals surface area contributed by atoms with Crippen LogP contribution < -0.4 is 5.32 Å². The van der Waals surface area contributed by atoms with E-state index in [1.807, 2.05) is 6.92 Å². The van der Waals surface area contributed by atoms with Gasteiger partial charge in [0, 0.05) is 12.2 Å². The first-order chi connectivity index (χ1) is 12.6. The highest BCUT2D eigenvalue weighted by atomic mass is 19.4. The van der Waals surface area contributed by atoms with Crippen molar-refractivity contribution in [2.45, 2.75) is 59.2 Å². The van der Waals surface area contributed by atoms with Gasteiger partial charge in [-0.15, -0.1) is 0 Å². The van der Waals surface area contributed by atoms with E-state index in [9.17, 15) is 18.0 Å². The number of carbonyl (C=O) groups is 1. The molecule has 1 N–H and O–H groups in total. The molecule has 1 amide bonds. The minimum Gasteiger partial charge on any atom is -0.349 e. The molecule has 0 saturated carbocycles. The first-order valence-corrected chi connectivity index (χ1v) is 8.98. The van der Waals surface area contributed by atoms with Crippen molar-refractivity contribution in [3.05, 3.63) is 41.3 Å². The molecule has 2 aromatic heterocycles. The van der Waals surface area contributed by atoms with Gasteiger partial charge in [-0.3, -0.25) is 4.79 Å². The summed E-state index contributed by atoms with van der Waals surface area (Å²) < 4.78 is 39.3. The van der Waals surface area contributed by atoms with Crippen molar-refractivity contribution < 1.29 is 18.0 Å². The molecule has 1 atom stereocenters. The van der Waals surface area contributed by atoms with Crippen LogP contribution in [0.25, 0.3) is 5.82 Å². The van der Waals surface area contributed by atoms with Crippen molar-refractivity contribution in [2.75, 3.05) is 0 Å². The summed E-state index contributed by atoms with van der Waals surface area (Å²) in [7, 11) is 0. The first-order valence-electron chi connectivity index (χ1n) is 8.98. The molecule has 0 fully saturated rings. The Labute approximate surface area is 157 Å². The van der Waals surface area contributed by atoms with E-state index in [4.69, 9.17) is 0 Å². The molecule has 2 rings (SSSR count). The van der Waals surface area contributed by atoms with Gasteiger partial charge in [0.25, 0.3) is 5.91 Å². The molecule has 0 spiro atoms. The second-order valence-electron chi connectivity index (χ2n) is 7.16. The summed E-state index contributed by atoms with van der Waals surface area (Å²) in [6.07, 6.45) is 0.750. The second kappa shape index (κ2) is 8.54. The van der Waals surface area contributed by atoms with Gasteiger partial charge < -0.3 is 5.32 Å². The molecule has 0 aliphatic heterocycles. The molecular formula is C19H25F3N4O. The van der Waals surface area contributed by atoms with Crippen LogP contribution >= 0.6 is 0 Å². The van der Waals surface area contributed by atoms with E-state index in [1.54, 1.807) is 6.92 Å². The number of nitrogens with one attached hydrogen (secondary N) is 1. The first kappa shape index (κ1) is 20.9. The molecule has 0 radical (unpaired) electrons. The van der Waals surface area contributed by atoms with Gasteiger partial charge in [0.15, 0.2) is 5.82 Å². The Balaban J connectivity index is 2.07. The smallest absolute Gasteiger partial charge is 0.349 e. The van der Waals surface area contributed by atoms with E-state index in [2.05, 4.69) is 29.2 Å². The summed E-state index contributed by atoms with van der Waals surface area (Å²) >= 11 is 0. The van der Waals surface area contributed by atoms with Crippen LogP contribution in [0.5, 0.6) is 0 Å². The third-order valence-electron chi connectivity index (χ3n) is 4.34. The molecule has 5 nitrogen and oxygen atoms in total. The molecule has 8 heteroatoms. The zero-order valence-corrected chi connectivity index (χ0v) is 16.0. The Morgan fingerprint density at radius 1 is 1.19 bits per heavy atom. The summed E-state index contributed by atoms with van der Waals surface area (Å²) in [5.41, 5.74) is 0.0748. The van der Waals surface area contributed by atoms with Gasteiger partial charge in [-0.25, -0.2) is 9.67 Å². The van der Waals surface area contributed by atoms with Gasteiger partial charge in [0.1, 0.15) is 0 Å². The fourth-order valence-electron chi connectivity index (χ4n) is 2.75. The monoisotopic (exact) mass is 382 g/mol. The van der Waals surface area contributed by atoms with Crippen LogP contribution in [0.15, 0.2) is 24.5 Å². The third kappa shape index (κ3) is 5.55. The molecule has 1 unspecified atom stereocenters. The number of halogens is 3. The number of pyridine rings is 1. The van der Waals surface area contributed by atoms with E-state index in [0.717, 1.165) is 31.5 Å². The predicted octanol–water partition coefficient (Wildman–Crippen LogP) is 4.54. The van der Waals surface area contributed by atoms with Crippen LogP contribution in [0.4, 0.5) is 13.2 Å². The van der Waals surface area contributed by atoms with Gasteiger partial charge in [-0.05, 0) is 38.3 Å². The van der Waals surface area contributed by atoms with Crippen LogP contribution in [0, 0.1) is 12.8 Å². The van der Waals surface area contributed by atoms with Gasteiger partial charge in [0.05, 0.1) is 23.0 Å². The lowest BCUT2D eigenvalue weighted by Crippen LogP contribution is -2.32. The van der Waals surface area contributed by atoms with Crippen molar-refractivity contribution in [1.29, 1.82) is 0 Å². The normalized spacial score (nSPS) is 13.0. The van der Waals surface area contributed by atoms with Gasteiger partial charge in [0.2, 0.25) is 0 Å². The number of aromatic nitrogens is 3. The highest BCUT2D eigenvalue weighted by molar-refractivity contribution is 5.95. The molecule has 0 saturated heterocycles. The molecule has 0 aliphatic rings. The van der Waals surface area contributed by atoms with Crippen molar-refractivity contribution in [2.24, 2.45) is 5.92 Å². The number of amides is 1. The number of hydrogen-bond donors (Lipinski definition) is 1. The molecule has 2 heterocycles. The van der Waals surface area contributed by atoms with Gasteiger partial charge in [-0.1, -0.05) is 26.7 Å². The maximum absolute atomic E-state index is 12.6. The average molecular weight is 382 g/mol. The van der Waals surface area contributed by atoms with Crippen molar-refractivity contribution in [3.8, 4) is 5.82 Å². The predicted molar refractivity (Wildman–Crippen MR) is 96.7 cm³/mol. The van der Waals surface area contributed by atoms with Crippen LogP contribution in [0.2, 0.25) is 0 Å². The molecule has 0 bridgehead atoms. The lowest BCUT2D eigenvalue weighted by molar-refractivity contribution is -0.137. The third-order valence-corrected chi connectivity index (χ3v) is 4.34. The summed E-state index contributed by atoms with van der Waals surface area (Å²) in [6.45, 7) is 7.96. The number of carbonyl (C=O) groups excluding carboxylic acids is 1. The van der Waals surface area contributed by atoms with E-state index < -0.39 is 11.7 Å². The molecule has 2 aromatic rings. The minimum atomic E-state index is -4.44. The maximum atomic E-state index is 12.6. The van der Waals surface area contributed by atoms with E-state index in [1.165, 1.54) is 16.9 Å². The Bertz CT molecular complexity index is 766. The quantitative estimate of drug-likeness (QED) is 0.765. The number of hydrogen-bond acceptors (Lipinski definition) is 3. The maximum Gasteiger partial charge on any atom is 0.417 e. The Kier molecular flexibility index (Phi) is 6.62. The number of rotatable bonds is 7. The van der Waals surface area contributed by atoms with Gasteiger partial charge >= 0.3 is 6.18 Å². The van der Waals surface area contributed by atoms with Crippen LogP contribution in [0.3, 0.4) is 0 Å². The SMILES string of the molecule is Cc1c(C(=O)NC(C)CCCC(C)C)cnn1-c1ccc(C(F)(F)F)cn1. The zero-order valence-electron chi connectivity index (χ0n) is 16.0. The summed E-state index contributed by atoms with van der Waals surface area (Å²) in [5, 5.41) is 7.05. The fraction of sp³-hybridized carbons (Fsp3) is 0.526. The average Bonchev–Trinajstić information content (AvgIpc) is 2.95. The van der Waals surface area contributed by atoms with E-state index in [-0.39, 0.29) is 17.8 Å². The number of alkyl halides is 3. The van der Waals surface area contributed by atoms with E-state index in [0.29, 0.717) is 17.2 Å². The summed E-state index contributed by atoms with van der Waals surface area (Å²) in [6, 6.07) is 2.21. The van der Waals surface area contributed by atoms with Crippen LogP contribution in [-0.4, -0.2) is 26.7 Å². The molecule has 148 valence electrons. The summed E-state index contributed by atoms with van der Waals surface area (Å²) in [5.74, 6) is 0.608. The van der Waals surface area contributed by atoms with E-state index >= 15 is 0 Å². The van der Waals surface area contributed by atoms with Crippen molar-refractivity contribution >= 4 is 5.91 Å². The second-order valence-corrected chi connectivity index (χ2v) is 7.16. The highest BCUT2D eigenvalue weighted by Crippen LogP contribution is 2.28. The number of nitrogens with zero attached hydrogens (tertiary/aromatic N) is 3. The highest BCUT2D eigenvalue weighted by Gasteiger charge is 2.30. The lowest BCUT2D eigenvalue weighted by atomic mass is 10.0. The molecule has 0 aromatic carbocycles. The Morgan fingerprint density at radius 3 is 2.44 bits per heavy atom. The van der Waals surface area contributed by atoms with Crippen LogP contribution in [0.1, 0.15) is 61.6 Å². The molecule has 27 heavy (non-hydrogen) atoms. The summed E-state index contributed by atoms with van der Waals surface area (Å²) in [4.78, 5) is 16.3. The largest absolute Gasteiger partial charge is 0.417 e. The molecular weight excluding hydrogens is 357 g/mol. The minimum absolute atomic E-state index is 0.0307.